The molecule has 0 fully saturated rings. The Hall–Kier alpha value is -2.81. The molecule has 2 aromatic carbocycles. The first-order valence-corrected chi connectivity index (χ1v) is 8.26. The van der Waals surface area contributed by atoms with Crippen LogP contribution in [0, 0.1) is 6.92 Å². The van der Waals surface area contributed by atoms with Crippen LogP contribution in [-0.4, -0.2) is 9.55 Å². The minimum absolute atomic E-state index is 0.522. The molecule has 0 aliphatic heterocycles. The van der Waals surface area contributed by atoms with Gasteiger partial charge in [-0.05, 0) is 60.4 Å². The van der Waals surface area contributed by atoms with Crippen molar-refractivity contribution in [3.05, 3.63) is 72.1 Å². The lowest BCUT2D eigenvalue weighted by Gasteiger charge is -2.04. The normalized spacial score (nSPS) is 11.5. The molecule has 0 spiro atoms. The molecule has 0 bridgehead atoms. The standard InChI is InChI=1S/C21H20N2O/c1-14(2)16-6-8-17(9-7-16)21-22-19-13-18(23-10-4-5-11-23)12-15(3)20(19)24-21/h4-14H,1-3H3. The monoisotopic (exact) mass is 316 g/mol. The van der Waals surface area contributed by atoms with Gasteiger partial charge in [-0.1, -0.05) is 26.0 Å². The number of nitrogens with zero attached hydrogens (tertiary/aromatic N) is 2. The van der Waals surface area contributed by atoms with E-state index in [2.05, 4.69) is 61.7 Å². The van der Waals surface area contributed by atoms with Gasteiger partial charge in [0.15, 0.2) is 5.58 Å². The fourth-order valence-corrected chi connectivity index (χ4v) is 2.97. The van der Waals surface area contributed by atoms with Gasteiger partial charge in [0.25, 0.3) is 0 Å². The summed E-state index contributed by atoms with van der Waals surface area (Å²) in [6.07, 6.45) is 4.07. The highest BCUT2D eigenvalue weighted by molar-refractivity contribution is 5.81. The van der Waals surface area contributed by atoms with Gasteiger partial charge in [0.05, 0.1) is 0 Å². The maximum atomic E-state index is 6.04. The second-order valence-corrected chi connectivity index (χ2v) is 6.50. The Balaban J connectivity index is 1.79. The third-order valence-corrected chi connectivity index (χ3v) is 4.39. The van der Waals surface area contributed by atoms with Crippen LogP contribution in [0.2, 0.25) is 0 Å². The lowest BCUT2D eigenvalue weighted by atomic mass is 10.0. The number of hydrogen-bond donors (Lipinski definition) is 0. The van der Waals surface area contributed by atoms with Crippen LogP contribution < -0.4 is 0 Å². The molecular weight excluding hydrogens is 296 g/mol. The highest BCUT2D eigenvalue weighted by atomic mass is 16.3. The molecule has 0 saturated heterocycles. The van der Waals surface area contributed by atoms with Gasteiger partial charge in [-0.25, -0.2) is 4.98 Å². The molecule has 120 valence electrons. The van der Waals surface area contributed by atoms with E-state index in [1.165, 1.54) is 5.56 Å². The zero-order chi connectivity index (χ0) is 16.7. The van der Waals surface area contributed by atoms with Crippen molar-refractivity contribution < 1.29 is 4.42 Å². The zero-order valence-corrected chi connectivity index (χ0v) is 14.2. The van der Waals surface area contributed by atoms with Gasteiger partial charge in [0.1, 0.15) is 5.52 Å². The highest BCUT2D eigenvalue weighted by Crippen LogP contribution is 2.29. The predicted molar refractivity (Wildman–Crippen MR) is 97.6 cm³/mol. The van der Waals surface area contributed by atoms with E-state index in [1.807, 2.05) is 24.5 Å². The van der Waals surface area contributed by atoms with Crippen LogP contribution in [0.25, 0.3) is 28.2 Å². The van der Waals surface area contributed by atoms with E-state index in [0.717, 1.165) is 27.9 Å². The predicted octanol–water partition coefficient (Wildman–Crippen LogP) is 5.72. The Bertz CT molecular complexity index is 977. The van der Waals surface area contributed by atoms with Crippen molar-refractivity contribution in [1.82, 2.24) is 9.55 Å². The lowest BCUT2D eigenvalue weighted by molar-refractivity contribution is 0.617. The molecule has 3 nitrogen and oxygen atoms in total. The summed E-state index contributed by atoms with van der Waals surface area (Å²) in [6.45, 7) is 6.45. The molecule has 3 heteroatoms. The van der Waals surface area contributed by atoms with Crippen molar-refractivity contribution in [1.29, 1.82) is 0 Å². The third kappa shape index (κ3) is 2.52. The molecule has 24 heavy (non-hydrogen) atoms. The smallest absolute Gasteiger partial charge is 0.227 e. The van der Waals surface area contributed by atoms with Crippen LogP contribution >= 0.6 is 0 Å². The fourth-order valence-electron chi connectivity index (χ4n) is 2.97. The first-order valence-electron chi connectivity index (χ1n) is 8.26. The number of benzene rings is 2. The lowest BCUT2D eigenvalue weighted by Crippen LogP contribution is -1.90. The topological polar surface area (TPSA) is 31.0 Å². The third-order valence-electron chi connectivity index (χ3n) is 4.39. The highest BCUT2D eigenvalue weighted by Gasteiger charge is 2.12. The molecule has 4 rings (SSSR count). The number of oxazole rings is 1. The zero-order valence-electron chi connectivity index (χ0n) is 14.2. The Morgan fingerprint density at radius 1 is 1.00 bits per heavy atom. The summed E-state index contributed by atoms with van der Waals surface area (Å²) in [5, 5.41) is 0. The summed E-state index contributed by atoms with van der Waals surface area (Å²) in [5.74, 6) is 1.20. The number of aryl methyl sites for hydroxylation is 1. The van der Waals surface area contributed by atoms with Crippen molar-refractivity contribution in [2.24, 2.45) is 0 Å². The van der Waals surface area contributed by atoms with Crippen molar-refractivity contribution >= 4 is 11.1 Å². The molecule has 0 aliphatic rings. The molecule has 0 atom stereocenters. The van der Waals surface area contributed by atoms with Gasteiger partial charge >= 0.3 is 0 Å². The number of aromatic nitrogens is 2. The SMILES string of the molecule is Cc1cc(-n2cccc2)cc2nc(-c3ccc(C(C)C)cc3)oc12. The Kier molecular flexibility index (Phi) is 3.49. The average molecular weight is 316 g/mol. The second kappa shape index (κ2) is 5.68. The molecule has 0 saturated carbocycles. The first-order chi connectivity index (χ1) is 11.6. The van der Waals surface area contributed by atoms with E-state index in [4.69, 9.17) is 9.40 Å². The van der Waals surface area contributed by atoms with Crippen LogP contribution in [0.15, 0.2) is 65.3 Å². The molecule has 2 heterocycles. The van der Waals surface area contributed by atoms with Crippen molar-refractivity contribution in [3.63, 3.8) is 0 Å². The van der Waals surface area contributed by atoms with Gasteiger partial charge < -0.3 is 8.98 Å². The summed E-state index contributed by atoms with van der Waals surface area (Å²) in [7, 11) is 0. The van der Waals surface area contributed by atoms with E-state index < -0.39 is 0 Å². The number of hydrogen-bond acceptors (Lipinski definition) is 2. The van der Waals surface area contributed by atoms with E-state index >= 15 is 0 Å². The molecule has 0 aliphatic carbocycles. The molecule has 0 N–H and O–H groups in total. The first kappa shape index (κ1) is 14.8. The van der Waals surface area contributed by atoms with Gasteiger partial charge in [0, 0.05) is 23.6 Å². The van der Waals surface area contributed by atoms with E-state index in [0.29, 0.717) is 11.8 Å². The van der Waals surface area contributed by atoms with Crippen molar-refractivity contribution in [3.8, 4) is 17.1 Å². The number of fused-ring (bicyclic) bond motifs is 1. The average Bonchev–Trinajstić information content (AvgIpc) is 3.24. The Morgan fingerprint density at radius 3 is 2.38 bits per heavy atom. The van der Waals surface area contributed by atoms with Crippen LogP contribution in [-0.2, 0) is 0 Å². The Morgan fingerprint density at radius 2 is 1.71 bits per heavy atom. The van der Waals surface area contributed by atoms with Crippen LogP contribution in [0.5, 0.6) is 0 Å². The summed E-state index contributed by atoms with van der Waals surface area (Å²) < 4.78 is 8.12. The quantitative estimate of drug-likeness (QED) is 0.484. The maximum Gasteiger partial charge on any atom is 0.227 e. The fraction of sp³-hybridized carbons (Fsp3) is 0.190. The molecule has 0 unspecified atom stereocenters. The van der Waals surface area contributed by atoms with Crippen LogP contribution in [0.4, 0.5) is 0 Å². The van der Waals surface area contributed by atoms with Gasteiger partial charge in [-0.15, -0.1) is 0 Å². The summed E-state index contributed by atoms with van der Waals surface area (Å²) in [4.78, 5) is 4.71. The van der Waals surface area contributed by atoms with E-state index in [-0.39, 0.29) is 0 Å². The maximum absolute atomic E-state index is 6.04. The van der Waals surface area contributed by atoms with Crippen molar-refractivity contribution in [2.75, 3.05) is 0 Å². The molecule has 2 aromatic heterocycles. The van der Waals surface area contributed by atoms with Gasteiger partial charge in [-0.3, -0.25) is 0 Å². The summed E-state index contributed by atoms with van der Waals surface area (Å²) in [5.41, 5.74) is 6.27. The summed E-state index contributed by atoms with van der Waals surface area (Å²) >= 11 is 0. The second-order valence-electron chi connectivity index (χ2n) is 6.50. The molecule has 0 radical (unpaired) electrons. The minimum atomic E-state index is 0.522. The van der Waals surface area contributed by atoms with Crippen molar-refractivity contribution in [2.45, 2.75) is 26.7 Å². The van der Waals surface area contributed by atoms with Crippen LogP contribution in [0.1, 0.15) is 30.9 Å². The van der Waals surface area contributed by atoms with Gasteiger partial charge in [-0.2, -0.15) is 0 Å². The minimum Gasteiger partial charge on any atom is -0.436 e. The van der Waals surface area contributed by atoms with Gasteiger partial charge in [0.2, 0.25) is 5.89 Å². The number of rotatable bonds is 3. The largest absolute Gasteiger partial charge is 0.436 e. The molecule has 4 aromatic rings. The van der Waals surface area contributed by atoms with Crippen LogP contribution in [0.3, 0.4) is 0 Å². The van der Waals surface area contributed by atoms with E-state index in [1.54, 1.807) is 0 Å². The Labute approximate surface area is 141 Å². The van der Waals surface area contributed by atoms with E-state index in [9.17, 15) is 0 Å². The molecular formula is C21H20N2O. The molecule has 0 amide bonds. The summed E-state index contributed by atoms with van der Waals surface area (Å²) in [6, 6.07) is 16.7.